The molecule has 152 valence electrons. The molecule has 1 saturated carbocycles. The second kappa shape index (κ2) is 8.82. The smallest absolute Gasteiger partial charge is 0.232 e. The molecule has 28 heavy (non-hydrogen) atoms. The van der Waals surface area contributed by atoms with Gasteiger partial charge in [-0.3, -0.25) is 14.5 Å². The Morgan fingerprint density at radius 1 is 1.00 bits per heavy atom. The molecule has 2 amide bonds. The number of rotatable bonds is 5. The Balaban J connectivity index is 1.20. The zero-order valence-corrected chi connectivity index (χ0v) is 16.3. The van der Waals surface area contributed by atoms with E-state index >= 15 is 0 Å². The van der Waals surface area contributed by atoms with Crippen molar-refractivity contribution >= 4 is 11.8 Å². The first kappa shape index (κ1) is 19.1. The quantitative estimate of drug-likeness (QED) is 0.782. The summed E-state index contributed by atoms with van der Waals surface area (Å²) in [6, 6.07) is 6.28. The Bertz CT molecular complexity index is 710. The van der Waals surface area contributed by atoms with Crippen molar-refractivity contribution < 1.29 is 19.1 Å². The molecule has 7 nitrogen and oxygen atoms in total. The average Bonchev–Trinajstić information content (AvgIpc) is 3.17. The minimum atomic E-state index is -0.125. The summed E-state index contributed by atoms with van der Waals surface area (Å²) in [5.74, 6) is 1.41. The van der Waals surface area contributed by atoms with Crippen molar-refractivity contribution in [2.75, 3.05) is 33.0 Å². The van der Waals surface area contributed by atoms with Crippen molar-refractivity contribution in [2.24, 2.45) is 0 Å². The van der Waals surface area contributed by atoms with Gasteiger partial charge < -0.3 is 19.7 Å². The molecule has 2 heterocycles. The Kier molecular flexibility index (Phi) is 6.00. The van der Waals surface area contributed by atoms with Gasteiger partial charge in [-0.2, -0.15) is 0 Å². The van der Waals surface area contributed by atoms with Gasteiger partial charge in [0, 0.05) is 38.8 Å². The van der Waals surface area contributed by atoms with Crippen molar-refractivity contribution in [1.29, 1.82) is 0 Å². The number of amides is 2. The van der Waals surface area contributed by atoms with Crippen LogP contribution in [-0.4, -0.2) is 60.6 Å². The first-order chi connectivity index (χ1) is 13.7. The summed E-state index contributed by atoms with van der Waals surface area (Å²) in [5, 5.41) is 3.03. The minimum Gasteiger partial charge on any atom is -0.454 e. The van der Waals surface area contributed by atoms with E-state index < -0.39 is 0 Å². The molecule has 0 spiro atoms. The molecule has 0 unspecified atom stereocenters. The number of carbonyl (C=O) groups is 2. The molecule has 1 aromatic rings. The topological polar surface area (TPSA) is 71.1 Å². The van der Waals surface area contributed by atoms with E-state index in [4.69, 9.17) is 9.47 Å². The fraction of sp³-hybridized carbons (Fsp3) is 0.619. The fourth-order valence-corrected chi connectivity index (χ4v) is 4.23. The third-order valence-electron chi connectivity index (χ3n) is 5.85. The number of nitrogens with zero attached hydrogens (tertiary/aromatic N) is 2. The van der Waals surface area contributed by atoms with Crippen molar-refractivity contribution in [2.45, 2.75) is 51.1 Å². The normalized spacial score (nSPS) is 20.2. The van der Waals surface area contributed by atoms with Crippen LogP contribution in [0.15, 0.2) is 18.2 Å². The number of ether oxygens (including phenoxy) is 2. The van der Waals surface area contributed by atoms with Crippen LogP contribution in [0, 0.1) is 0 Å². The van der Waals surface area contributed by atoms with Crippen LogP contribution in [-0.2, 0) is 16.1 Å². The zero-order valence-electron chi connectivity index (χ0n) is 16.3. The van der Waals surface area contributed by atoms with Crippen LogP contribution in [0.25, 0.3) is 0 Å². The van der Waals surface area contributed by atoms with Gasteiger partial charge in [-0.05, 0) is 30.5 Å². The molecule has 2 fully saturated rings. The highest BCUT2D eigenvalue weighted by Crippen LogP contribution is 2.32. The van der Waals surface area contributed by atoms with Crippen LogP contribution in [0.1, 0.15) is 44.1 Å². The lowest BCUT2D eigenvalue weighted by Gasteiger charge is -2.34. The molecule has 7 heteroatoms. The van der Waals surface area contributed by atoms with E-state index in [2.05, 4.69) is 16.3 Å². The van der Waals surface area contributed by atoms with Crippen LogP contribution < -0.4 is 14.8 Å². The second-order valence-electron chi connectivity index (χ2n) is 7.92. The summed E-state index contributed by atoms with van der Waals surface area (Å²) in [7, 11) is 0. The molecule has 3 aliphatic rings. The summed E-state index contributed by atoms with van der Waals surface area (Å²) < 4.78 is 10.8. The standard InChI is InChI=1S/C21H29N3O4/c25-20(22-17-4-2-1-3-5-17)13-21(26)24-10-8-23(9-11-24)14-16-6-7-18-19(12-16)28-15-27-18/h6-7,12,17H,1-5,8-11,13-15H2,(H,22,25). The van der Waals surface area contributed by atoms with Crippen molar-refractivity contribution in [3.8, 4) is 11.5 Å². The lowest BCUT2D eigenvalue weighted by atomic mass is 9.95. The zero-order chi connectivity index (χ0) is 19.3. The minimum absolute atomic E-state index is 0.0291. The Hall–Kier alpha value is -2.28. The van der Waals surface area contributed by atoms with Gasteiger partial charge >= 0.3 is 0 Å². The molecule has 0 aromatic heterocycles. The van der Waals surface area contributed by atoms with E-state index in [1.807, 2.05) is 17.0 Å². The average molecular weight is 387 g/mol. The molecular formula is C21H29N3O4. The van der Waals surface area contributed by atoms with E-state index in [1.54, 1.807) is 0 Å². The number of hydrogen-bond donors (Lipinski definition) is 1. The highest BCUT2D eigenvalue weighted by Gasteiger charge is 2.24. The lowest BCUT2D eigenvalue weighted by molar-refractivity contribution is -0.137. The molecule has 1 aliphatic carbocycles. The van der Waals surface area contributed by atoms with E-state index in [9.17, 15) is 9.59 Å². The van der Waals surface area contributed by atoms with Gasteiger partial charge in [0.05, 0.1) is 0 Å². The Labute approximate surface area is 166 Å². The van der Waals surface area contributed by atoms with Gasteiger partial charge in [0.1, 0.15) is 6.42 Å². The largest absolute Gasteiger partial charge is 0.454 e. The SMILES string of the molecule is O=C(CC(=O)N1CCN(Cc2ccc3c(c2)OCO3)CC1)NC1CCCCC1. The van der Waals surface area contributed by atoms with Crippen LogP contribution in [0.3, 0.4) is 0 Å². The number of carbonyl (C=O) groups excluding carboxylic acids is 2. The van der Waals surface area contributed by atoms with Gasteiger partial charge in [-0.15, -0.1) is 0 Å². The number of piperazine rings is 1. The molecule has 2 aliphatic heterocycles. The third kappa shape index (κ3) is 4.76. The number of hydrogen-bond acceptors (Lipinski definition) is 5. The molecule has 1 aromatic carbocycles. The van der Waals surface area contributed by atoms with Crippen molar-refractivity contribution in [1.82, 2.24) is 15.1 Å². The monoisotopic (exact) mass is 387 g/mol. The summed E-state index contributed by atoms with van der Waals surface area (Å²) in [4.78, 5) is 28.8. The first-order valence-corrected chi connectivity index (χ1v) is 10.4. The molecule has 0 bridgehead atoms. The van der Waals surface area contributed by atoms with Gasteiger partial charge in [-0.1, -0.05) is 25.3 Å². The summed E-state index contributed by atoms with van der Waals surface area (Å²) in [5.41, 5.74) is 1.18. The maximum Gasteiger partial charge on any atom is 0.232 e. The van der Waals surface area contributed by atoms with E-state index in [1.165, 1.54) is 24.8 Å². The number of fused-ring (bicyclic) bond motifs is 1. The highest BCUT2D eigenvalue weighted by atomic mass is 16.7. The summed E-state index contributed by atoms with van der Waals surface area (Å²) in [6.07, 6.45) is 5.64. The van der Waals surface area contributed by atoms with Crippen LogP contribution in [0.2, 0.25) is 0 Å². The van der Waals surface area contributed by atoms with E-state index in [-0.39, 0.29) is 31.1 Å². The number of benzene rings is 1. The highest BCUT2D eigenvalue weighted by molar-refractivity contribution is 5.97. The maximum atomic E-state index is 12.5. The van der Waals surface area contributed by atoms with E-state index in [0.29, 0.717) is 13.1 Å². The van der Waals surface area contributed by atoms with Crippen LogP contribution in [0.5, 0.6) is 11.5 Å². The molecular weight excluding hydrogens is 358 g/mol. The molecule has 0 atom stereocenters. The van der Waals surface area contributed by atoms with Crippen LogP contribution >= 0.6 is 0 Å². The van der Waals surface area contributed by atoms with Gasteiger partial charge in [0.25, 0.3) is 0 Å². The summed E-state index contributed by atoms with van der Waals surface area (Å²) >= 11 is 0. The third-order valence-corrected chi connectivity index (χ3v) is 5.85. The second-order valence-corrected chi connectivity index (χ2v) is 7.92. The van der Waals surface area contributed by atoms with Gasteiger partial charge in [-0.25, -0.2) is 0 Å². The molecule has 1 N–H and O–H groups in total. The van der Waals surface area contributed by atoms with Crippen molar-refractivity contribution in [3.63, 3.8) is 0 Å². The predicted octanol–water partition coefficient (Wildman–Crippen LogP) is 1.90. The summed E-state index contributed by atoms with van der Waals surface area (Å²) in [6.45, 7) is 4.06. The Morgan fingerprint density at radius 3 is 2.54 bits per heavy atom. The maximum absolute atomic E-state index is 12.5. The van der Waals surface area contributed by atoms with Gasteiger partial charge in [0.15, 0.2) is 11.5 Å². The first-order valence-electron chi connectivity index (χ1n) is 10.4. The predicted molar refractivity (Wildman–Crippen MR) is 104 cm³/mol. The fourth-order valence-electron chi connectivity index (χ4n) is 4.23. The lowest BCUT2D eigenvalue weighted by Crippen LogP contribution is -2.49. The van der Waals surface area contributed by atoms with Gasteiger partial charge in [0.2, 0.25) is 18.6 Å². The van der Waals surface area contributed by atoms with Crippen LogP contribution in [0.4, 0.5) is 0 Å². The molecule has 0 radical (unpaired) electrons. The van der Waals surface area contributed by atoms with Crippen molar-refractivity contribution in [3.05, 3.63) is 23.8 Å². The molecule has 4 rings (SSSR count). The molecule has 1 saturated heterocycles. The number of nitrogens with one attached hydrogen (secondary N) is 1. The van der Waals surface area contributed by atoms with E-state index in [0.717, 1.165) is 44.0 Å². The Morgan fingerprint density at radius 2 is 1.75 bits per heavy atom.